The zero-order chi connectivity index (χ0) is 15.7. The van der Waals surface area contributed by atoms with Gasteiger partial charge in [-0.25, -0.2) is 9.59 Å². The zero-order valence-electron chi connectivity index (χ0n) is 12.7. The van der Waals surface area contributed by atoms with Gasteiger partial charge in [-0.05, 0) is 24.7 Å². The van der Waals surface area contributed by atoms with Crippen LogP contribution in [0.3, 0.4) is 0 Å². The first kappa shape index (κ1) is 18.9. The molecule has 0 aromatic carbocycles. The Balaban J connectivity index is 4.07. The minimum Gasteiger partial charge on any atom is -0.464 e. The highest BCUT2D eigenvalue weighted by Crippen LogP contribution is 2.05. The summed E-state index contributed by atoms with van der Waals surface area (Å²) in [5.41, 5.74) is 0. The Labute approximate surface area is 120 Å². The largest absolute Gasteiger partial charge is 0.464 e. The molecule has 2 atom stereocenters. The van der Waals surface area contributed by atoms with Crippen LogP contribution in [0.25, 0.3) is 0 Å². The Morgan fingerprint density at radius 3 is 1.35 bits per heavy atom. The fourth-order valence-corrected chi connectivity index (χ4v) is 1.22. The molecule has 0 unspecified atom stereocenters. The predicted octanol–water partition coefficient (Wildman–Crippen LogP) is 0.887. The lowest BCUT2D eigenvalue weighted by atomic mass is 10.1. The van der Waals surface area contributed by atoms with Crippen molar-refractivity contribution in [2.75, 3.05) is 13.2 Å². The molecule has 118 valence electrons. The van der Waals surface area contributed by atoms with E-state index in [0.717, 1.165) is 0 Å². The van der Waals surface area contributed by atoms with E-state index in [0.29, 0.717) is 24.7 Å². The molecule has 20 heavy (non-hydrogen) atoms. The highest BCUT2D eigenvalue weighted by molar-refractivity contribution is 5.85. The van der Waals surface area contributed by atoms with Crippen molar-refractivity contribution >= 4 is 11.9 Å². The molecular formula is C14H26O6. The number of carbonyl (C=O) groups excluding carboxylic acids is 2. The van der Waals surface area contributed by atoms with E-state index in [9.17, 15) is 19.8 Å². The van der Waals surface area contributed by atoms with Crippen molar-refractivity contribution in [2.24, 2.45) is 11.8 Å². The van der Waals surface area contributed by atoms with Crippen molar-refractivity contribution in [2.45, 2.75) is 52.7 Å². The van der Waals surface area contributed by atoms with Gasteiger partial charge in [-0.3, -0.25) is 0 Å². The molecule has 0 saturated heterocycles. The lowest BCUT2D eigenvalue weighted by Gasteiger charge is -2.16. The first-order valence-corrected chi connectivity index (χ1v) is 6.95. The Morgan fingerprint density at radius 1 is 0.800 bits per heavy atom. The summed E-state index contributed by atoms with van der Waals surface area (Å²) < 4.78 is 9.54. The van der Waals surface area contributed by atoms with Gasteiger partial charge >= 0.3 is 11.9 Å². The highest BCUT2D eigenvalue weighted by Gasteiger charge is 2.32. The van der Waals surface area contributed by atoms with Gasteiger partial charge in [-0.2, -0.15) is 0 Å². The van der Waals surface area contributed by atoms with E-state index in [2.05, 4.69) is 0 Å². The summed E-state index contributed by atoms with van der Waals surface area (Å²) in [6.45, 7) is 8.14. The van der Waals surface area contributed by atoms with Crippen molar-refractivity contribution in [1.29, 1.82) is 0 Å². The maximum atomic E-state index is 11.4. The third-order valence-electron chi connectivity index (χ3n) is 2.66. The maximum Gasteiger partial charge on any atom is 0.338 e. The normalized spacial score (nSPS) is 14.2. The highest BCUT2D eigenvalue weighted by atomic mass is 16.6. The average molecular weight is 290 g/mol. The standard InChI is InChI=1S/C14H26O6/c1-9(2)5-7-19-13(17)11(15)12(16)14(18)20-8-6-10(3)4/h9-12,15-16H,5-8H2,1-4H3/t11-,12-/m1/s1. The van der Waals surface area contributed by atoms with Gasteiger partial charge in [0.1, 0.15) is 0 Å². The van der Waals surface area contributed by atoms with Gasteiger partial charge in [0.2, 0.25) is 0 Å². The van der Waals surface area contributed by atoms with E-state index in [1.165, 1.54) is 0 Å². The summed E-state index contributed by atoms with van der Waals surface area (Å²) in [6, 6.07) is 0. The lowest BCUT2D eigenvalue weighted by molar-refractivity contribution is -0.173. The average Bonchev–Trinajstić information content (AvgIpc) is 2.35. The zero-order valence-corrected chi connectivity index (χ0v) is 12.7. The van der Waals surface area contributed by atoms with Crippen molar-refractivity contribution in [3.63, 3.8) is 0 Å². The fraction of sp³-hybridized carbons (Fsp3) is 0.857. The molecule has 0 rings (SSSR count). The van der Waals surface area contributed by atoms with Crippen LogP contribution in [0.1, 0.15) is 40.5 Å². The summed E-state index contributed by atoms with van der Waals surface area (Å²) in [6.07, 6.45) is -2.52. The molecule has 0 aromatic heterocycles. The molecule has 0 radical (unpaired) electrons. The minimum absolute atomic E-state index is 0.142. The Morgan fingerprint density at radius 2 is 1.10 bits per heavy atom. The van der Waals surface area contributed by atoms with Gasteiger partial charge in [-0.15, -0.1) is 0 Å². The molecule has 0 bridgehead atoms. The predicted molar refractivity (Wildman–Crippen MR) is 72.8 cm³/mol. The molecule has 0 aliphatic carbocycles. The van der Waals surface area contributed by atoms with Crippen LogP contribution >= 0.6 is 0 Å². The van der Waals surface area contributed by atoms with Gasteiger partial charge < -0.3 is 19.7 Å². The molecule has 0 fully saturated rings. The van der Waals surface area contributed by atoms with Crippen LogP contribution in [0.15, 0.2) is 0 Å². The van der Waals surface area contributed by atoms with Gasteiger partial charge in [-0.1, -0.05) is 27.7 Å². The molecule has 0 heterocycles. The van der Waals surface area contributed by atoms with E-state index < -0.39 is 24.1 Å². The Hall–Kier alpha value is -1.14. The van der Waals surface area contributed by atoms with Crippen LogP contribution in [-0.4, -0.2) is 47.6 Å². The summed E-state index contributed by atoms with van der Waals surface area (Å²) in [7, 11) is 0. The quantitative estimate of drug-likeness (QED) is 0.613. The number of hydrogen-bond acceptors (Lipinski definition) is 6. The van der Waals surface area contributed by atoms with E-state index >= 15 is 0 Å². The number of aliphatic hydroxyl groups excluding tert-OH is 2. The van der Waals surface area contributed by atoms with Crippen LogP contribution in [-0.2, 0) is 19.1 Å². The molecule has 0 aromatic rings. The summed E-state index contributed by atoms with van der Waals surface area (Å²) >= 11 is 0. The van der Waals surface area contributed by atoms with Crippen LogP contribution in [0.4, 0.5) is 0 Å². The first-order valence-electron chi connectivity index (χ1n) is 6.95. The summed E-state index contributed by atoms with van der Waals surface area (Å²) in [4.78, 5) is 22.8. The van der Waals surface area contributed by atoms with Crippen LogP contribution in [0.5, 0.6) is 0 Å². The number of rotatable bonds is 9. The number of hydrogen-bond donors (Lipinski definition) is 2. The first-order chi connectivity index (χ1) is 9.25. The second-order valence-corrected chi connectivity index (χ2v) is 5.59. The van der Waals surface area contributed by atoms with Gasteiger partial charge in [0.15, 0.2) is 12.2 Å². The van der Waals surface area contributed by atoms with Crippen LogP contribution < -0.4 is 0 Å². The Kier molecular flexibility index (Phi) is 9.16. The molecule has 2 N–H and O–H groups in total. The Bertz CT molecular complexity index is 270. The van der Waals surface area contributed by atoms with E-state index in [4.69, 9.17) is 9.47 Å². The molecular weight excluding hydrogens is 264 g/mol. The van der Waals surface area contributed by atoms with E-state index in [1.807, 2.05) is 27.7 Å². The maximum absolute atomic E-state index is 11.4. The third-order valence-corrected chi connectivity index (χ3v) is 2.66. The molecule has 6 nitrogen and oxygen atoms in total. The van der Waals surface area contributed by atoms with Gasteiger partial charge in [0.25, 0.3) is 0 Å². The van der Waals surface area contributed by atoms with Crippen LogP contribution in [0, 0.1) is 11.8 Å². The SMILES string of the molecule is CC(C)CCOC(=O)[C@H](O)[C@@H](O)C(=O)OCCC(C)C. The molecule has 0 aliphatic rings. The van der Waals surface area contributed by atoms with E-state index in [1.54, 1.807) is 0 Å². The molecule has 6 heteroatoms. The third kappa shape index (κ3) is 8.12. The molecule has 0 aliphatic heterocycles. The van der Waals surface area contributed by atoms with Gasteiger partial charge in [0.05, 0.1) is 13.2 Å². The fourth-order valence-electron chi connectivity index (χ4n) is 1.22. The number of ether oxygens (including phenoxy) is 2. The van der Waals surface area contributed by atoms with E-state index in [-0.39, 0.29) is 13.2 Å². The molecule has 0 amide bonds. The number of carbonyl (C=O) groups is 2. The van der Waals surface area contributed by atoms with Crippen LogP contribution in [0.2, 0.25) is 0 Å². The minimum atomic E-state index is -1.91. The van der Waals surface area contributed by atoms with Crippen molar-refractivity contribution in [3.05, 3.63) is 0 Å². The summed E-state index contributed by atoms with van der Waals surface area (Å²) in [5, 5.41) is 19.0. The monoisotopic (exact) mass is 290 g/mol. The molecule has 0 saturated carbocycles. The number of aliphatic hydroxyl groups is 2. The smallest absolute Gasteiger partial charge is 0.338 e. The number of esters is 2. The second-order valence-electron chi connectivity index (χ2n) is 5.59. The van der Waals surface area contributed by atoms with Crippen molar-refractivity contribution < 1.29 is 29.3 Å². The summed E-state index contributed by atoms with van der Waals surface area (Å²) in [5.74, 6) is -1.32. The van der Waals surface area contributed by atoms with Crippen molar-refractivity contribution in [3.8, 4) is 0 Å². The van der Waals surface area contributed by atoms with Gasteiger partial charge in [0, 0.05) is 0 Å². The topological polar surface area (TPSA) is 93.1 Å². The molecule has 0 spiro atoms. The second kappa shape index (κ2) is 9.72. The van der Waals surface area contributed by atoms with Crippen molar-refractivity contribution in [1.82, 2.24) is 0 Å². The lowest BCUT2D eigenvalue weighted by Crippen LogP contribution is -2.42.